The second-order valence-electron chi connectivity index (χ2n) is 5.66. The fourth-order valence-electron chi connectivity index (χ4n) is 1.96. The van der Waals surface area contributed by atoms with E-state index in [0.717, 1.165) is 17.5 Å². The van der Waals surface area contributed by atoms with Crippen LogP contribution in [-0.2, 0) is 16.6 Å². The summed E-state index contributed by atoms with van der Waals surface area (Å²) in [6.07, 6.45) is 0.891. The van der Waals surface area contributed by atoms with E-state index in [4.69, 9.17) is 5.73 Å². The third kappa shape index (κ3) is 2.58. The molecule has 1 atom stereocenters. The quantitative estimate of drug-likeness (QED) is 0.870. The average molecular weight is 268 g/mol. The van der Waals surface area contributed by atoms with E-state index < -0.39 is 10.0 Å². The number of benzene rings is 1. The number of hydrogen-bond donors (Lipinski definition) is 2. The minimum absolute atomic E-state index is 0.0464. The van der Waals surface area contributed by atoms with Gasteiger partial charge in [-0.3, -0.25) is 0 Å². The van der Waals surface area contributed by atoms with Crippen molar-refractivity contribution in [2.24, 2.45) is 11.1 Å². The molecule has 0 saturated heterocycles. The van der Waals surface area contributed by atoms with Gasteiger partial charge in [0, 0.05) is 12.6 Å². The van der Waals surface area contributed by atoms with Crippen molar-refractivity contribution in [3.8, 4) is 0 Å². The molecule has 0 bridgehead atoms. The normalized spacial score (nSPS) is 21.9. The van der Waals surface area contributed by atoms with Gasteiger partial charge in [0.2, 0.25) is 10.0 Å². The van der Waals surface area contributed by atoms with Gasteiger partial charge in [-0.05, 0) is 42.0 Å². The van der Waals surface area contributed by atoms with E-state index in [1.165, 1.54) is 0 Å². The maximum atomic E-state index is 12.2. The fraction of sp³-hybridized carbons (Fsp3) is 0.538. The maximum Gasteiger partial charge on any atom is 0.240 e. The molecule has 4 nitrogen and oxygen atoms in total. The van der Waals surface area contributed by atoms with Crippen LogP contribution in [-0.4, -0.2) is 14.5 Å². The van der Waals surface area contributed by atoms with E-state index in [1.807, 2.05) is 6.92 Å². The van der Waals surface area contributed by atoms with Crippen LogP contribution in [0.5, 0.6) is 0 Å². The molecular weight excluding hydrogens is 248 g/mol. The predicted octanol–water partition coefficient (Wildman–Crippen LogP) is 1.53. The molecule has 0 radical (unpaired) electrons. The summed E-state index contributed by atoms with van der Waals surface area (Å²) in [6.45, 7) is 6.39. The Hall–Kier alpha value is -0.910. The van der Waals surface area contributed by atoms with Crippen molar-refractivity contribution in [1.29, 1.82) is 0 Å². The molecule has 0 spiro atoms. The third-order valence-corrected chi connectivity index (χ3v) is 5.13. The minimum atomic E-state index is -3.42. The van der Waals surface area contributed by atoms with Crippen LogP contribution in [0.1, 0.15) is 31.4 Å². The van der Waals surface area contributed by atoms with Gasteiger partial charge in [0.25, 0.3) is 0 Å². The first-order valence-corrected chi connectivity index (χ1v) is 7.56. The molecule has 1 fully saturated rings. The average Bonchev–Trinajstić information content (AvgIpc) is 2.85. The largest absolute Gasteiger partial charge is 0.326 e. The predicted molar refractivity (Wildman–Crippen MR) is 71.6 cm³/mol. The summed E-state index contributed by atoms with van der Waals surface area (Å²) in [5, 5.41) is 0. The lowest BCUT2D eigenvalue weighted by Gasteiger charge is -2.10. The Balaban J connectivity index is 2.25. The summed E-state index contributed by atoms with van der Waals surface area (Å²) in [5.41, 5.74) is 7.57. The molecule has 1 aliphatic carbocycles. The molecule has 100 valence electrons. The Labute approximate surface area is 109 Å². The van der Waals surface area contributed by atoms with Crippen molar-refractivity contribution in [1.82, 2.24) is 4.72 Å². The van der Waals surface area contributed by atoms with Gasteiger partial charge in [-0.2, -0.15) is 0 Å². The van der Waals surface area contributed by atoms with E-state index in [1.54, 1.807) is 18.2 Å². The van der Waals surface area contributed by atoms with Crippen molar-refractivity contribution in [3.05, 3.63) is 29.3 Å². The smallest absolute Gasteiger partial charge is 0.240 e. The lowest BCUT2D eigenvalue weighted by molar-refractivity contribution is 0.555. The summed E-state index contributed by atoms with van der Waals surface area (Å²) in [4.78, 5) is 0.302. The molecule has 2 rings (SSSR count). The number of nitrogens with one attached hydrogen (secondary N) is 1. The van der Waals surface area contributed by atoms with Crippen LogP contribution in [0.15, 0.2) is 23.1 Å². The van der Waals surface area contributed by atoms with Crippen LogP contribution in [0.3, 0.4) is 0 Å². The molecule has 0 amide bonds. The molecule has 1 saturated carbocycles. The highest BCUT2D eigenvalue weighted by Crippen LogP contribution is 2.45. The minimum Gasteiger partial charge on any atom is -0.326 e. The molecule has 1 aromatic carbocycles. The number of hydrogen-bond acceptors (Lipinski definition) is 3. The van der Waals surface area contributed by atoms with Gasteiger partial charge in [-0.15, -0.1) is 0 Å². The first kappa shape index (κ1) is 13.5. The van der Waals surface area contributed by atoms with Crippen molar-refractivity contribution in [3.63, 3.8) is 0 Å². The maximum absolute atomic E-state index is 12.2. The number of aryl methyl sites for hydroxylation is 1. The van der Waals surface area contributed by atoms with Crippen LogP contribution >= 0.6 is 0 Å². The highest BCUT2D eigenvalue weighted by atomic mass is 32.2. The number of sulfonamides is 1. The molecular formula is C13H20N2O2S. The molecule has 18 heavy (non-hydrogen) atoms. The van der Waals surface area contributed by atoms with Gasteiger partial charge in [0.15, 0.2) is 0 Å². The fourth-order valence-corrected chi connectivity index (χ4v) is 3.42. The zero-order valence-corrected chi connectivity index (χ0v) is 11.8. The van der Waals surface area contributed by atoms with Crippen LogP contribution in [0.25, 0.3) is 0 Å². The highest BCUT2D eigenvalue weighted by molar-refractivity contribution is 7.89. The summed E-state index contributed by atoms with van der Waals surface area (Å²) >= 11 is 0. The van der Waals surface area contributed by atoms with Crippen molar-refractivity contribution in [2.45, 2.75) is 44.7 Å². The Morgan fingerprint density at radius 1 is 1.44 bits per heavy atom. The second-order valence-corrected chi connectivity index (χ2v) is 7.37. The molecule has 5 heteroatoms. The first-order chi connectivity index (χ1) is 8.26. The first-order valence-electron chi connectivity index (χ1n) is 6.08. The Bertz CT molecular complexity index is 564. The zero-order valence-electron chi connectivity index (χ0n) is 11.0. The molecule has 1 aromatic rings. The molecule has 0 heterocycles. The van der Waals surface area contributed by atoms with Crippen molar-refractivity contribution < 1.29 is 8.42 Å². The van der Waals surface area contributed by atoms with E-state index in [-0.39, 0.29) is 11.5 Å². The molecule has 0 aromatic heterocycles. The van der Waals surface area contributed by atoms with E-state index in [2.05, 4.69) is 18.6 Å². The van der Waals surface area contributed by atoms with Gasteiger partial charge in [-0.1, -0.05) is 19.9 Å². The summed E-state index contributed by atoms with van der Waals surface area (Å²) in [7, 11) is -3.42. The summed E-state index contributed by atoms with van der Waals surface area (Å²) in [5.74, 6) is 0. The van der Waals surface area contributed by atoms with Gasteiger partial charge in [-0.25, -0.2) is 13.1 Å². The molecule has 3 N–H and O–H groups in total. The molecule has 1 unspecified atom stereocenters. The Morgan fingerprint density at radius 3 is 2.56 bits per heavy atom. The third-order valence-electron chi connectivity index (χ3n) is 3.66. The van der Waals surface area contributed by atoms with Crippen LogP contribution in [0, 0.1) is 12.3 Å². The standard InChI is InChI=1S/C13H20N2O2S/c1-9-4-5-11(6-10(9)8-14)18(16,17)15-12-7-13(12,2)3/h4-6,12,15H,7-8,14H2,1-3H3. The topological polar surface area (TPSA) is 72.2 Å². The Morgan fingerprint density at radius 2 is 2.06 bits per heavy atom. The highest BCUT2D eigenvalue weighted by Gasteiger charge is 2.47. The van der Waals surface area contributed by atoms with Crippen molar-refractivity contribution in [2.75, 3.05) is 0 Å². The van der Waals surface area contributed by atoms with Crippen LogP contribution in [0.4, 0.5) is 0 Å². The van der Waals surface area contributed by atoms with E-state index >= 15 is 0 Å². The summed E-state index contributed by atoms with van der Waals surface area (Å²) in [6, 6.07) is 5.14. The zero-order chi connectivity index (χ0) is 13.6. The van der Waals surface area contributed by atoms with E-state index in [9.17, 15) is 8.42 Å². The Kier molecular flexibility index (Phi) is 3.25. The van der Waals surface area contributed by atoms with Gasteiger partial charge >= 0.3 is 0 Å². The number of nitrogens with two attached hydrogens (primary N) is 1. The van der Waals surface area contributed by atoms with Gasteiger partial charge < -0.3 is 5.73 Å². The molecule has 1 aliphatic rings. The lowest BCUT2D eigenvalue weighted by Crippen LogP contribution is -2.28. The lowest BCUT2D eigenvalue weighted by atomic mass is 10.1. The van der Waals surface area contributed by atoms with Crippen LogP contribution in [0.2, 0.25) is 0 Å². The van der Waals surface area contributed by atoms with Crippen LogP contribution < -0.4 is 10.5 Å². The SMILES string of the molecule is Cc1ccc(S(=O)(=O)NC2CC2(C)C)cc1CN. The van der Waals surface area contributed by atoms with Gasteiger partial charge in [0.1, 0.15) is 0 Å². The van der Waals surface area contributed by atoms with Gasteiger partial charge in [0.05, 0.1) is 4.90 Å². The second kappa shape index (κ2) is 4.33. The van der Waals surface area contributed by atoms with Crippen molar-refractivity contribution >= 4 is 10.0 Å². The molecule has 0 aliphatic heterocycles. The summed E-state index contributed by atoms with van der Waals surface area (Å²) < 4.78 is 27.1. The number of rotatable bonds is 4. The van der Waals surface area contributed by atoms with E-state index in [0.29, 0.717) is 11.4 Å². The monoisotopic (exact) mass is 268 g/mol.